The molecular formula is C18H18N6O2. The molecule has 0 unspecified atom stereocenters. The molecule has 0 radical (unpaired) electrons. The Hall–Kier alpha value is -3.26. The summed E-state index contributed by atoms with van der Waals surface area (Å²) >= 11 is 0. The third-order valence-electron chi connectivity index (χ3n) is 4.06. The van der Waals surface area contributed by atoms with E-state index in [0.717, 1.165) is 11.0 Å². The van der Waals surface area contributed by atoms with Crippen LogP contribution in [0.15, 0.2) is 59.6 Å². The molecule has 26 heavy (non-hydrogen) atoms. The molecule has 0 bridgehead atoms. The maximum atomic E-state index is 12.5. The van der Waals surface area contributed by atoms with Crippen LogP contribution >= 0.6 is 0 Å². The van der Waals surface area contributed by atoms with Crippen LogP contribution in [0.2, 0.25) is 0 Å². The Morgan fingerprint density at radius 3 is 2.58 bits per heavy atom. The molecule has 1 aromatic heterocycles. The number of fused-ring (bicyclic) bond motifs is 1. The molecule has 8 nitrogen and oxygen atoms in total. The predicted molar refractivity (Wildman–Crippen MR) is 98.2 cm³/mol. The second kappa shape index (κ2) is 7.32. The molecule has 0 saturated carbocycles. The number of urea groups is 1. The summed E-state index contributed by atoms with van der Waals surface area (Å²) in [5.41, 5.74) is 2.23. The zero-order valence-electron chi connectivity index (χ0n) is 14.1. The molecule has 0 atom stereocenters. The first kappa shape index (κ1) is 16.2. The topological polar surface area (TPSA) is 84.6 Å². The number of amides is 2. The molecule has 4 rings (SSSR count). The number of nitrogens with zero attached hydrogens (tertiary/aromatic N) is 5. The molecule has 1 saturated heterocycles. The number of nitrogens with one attached hydrogen (secondary N) is 1. The van der Waals surface area contributed by atoms with Crippen LogP contribution in [0.4, 0.5) is 10.5 Å². The van der Waals surface area contributed by atoms with Gasteiger partial charge in [-0.3, -0.25) is 0 Å². The van der Waals surface area contributed by atoms with Gasteiger partial charge in [0.1, 0.15) is 5.52 Å². The Balaban J connectivity index is 1.69. The third kappa shape index (κ3) is 3.40. The van der Waals surface area contributed by atoms with Crippen molar-refractivity contribution in [3.63, 3.8) is 0 Å². The average molecular weight is 350 g/mol. The maximum Gasteiger partial charge on any atom is 0.348 e. The normalized spacial score (nSPS) is 15.2. The smallest absolute Gasteiger partial charge is 0.348 e. The Morgan fingerprint density at radius 2 is 1.77 bits per heavy atom. The zero-order valence-corrected chi connectivity index (χ0v) is 14.1. The fourth-order valence-corrected chi connectivity index (χ4v) is 2.80. The first-order chi connectivity index (χ1) is 12.8. The molecular weight excluding hydrogens is 332 g/mol. The summed E-state index contributed by atoms with van der Waals surface area (Å²) in [5.74, 6) is 0.440. The van der Waals surface area contributed by atoms with Gasteiger partial charge in [-0.2, -0.15) is 9.67 Å². The van der Waals surface area contributed by atoms with Crippen LogP contribution in [0.3, 0.4) is 0 Å². The minimum absolute atomic E-state index is 0.440. The average Bonchev–Trinajstić information content (AvgIpc) is 3.11. The van der Waals surface area contributed by atoms with Gasteiger partial charge in [-0.1, -0.05) is 35.5 Å². The second-order valence-corrected chi connectivity index (χ2v) is 5.80. The first-order valence-electron chi connectivity index (χ1n) is 8.39. The van der Waals surface area contributed by atoms with Gasteiger partial charge in [-0.15, -0.1) is 5.10 Å². The van der Waals surface area contributed by atoms with Gasteiger partial charge in [0.25, 0.3) is 0 Å². The van der Waals surface area contributed by atoms with E-state index in [1.165, 1.54) is 0 Å². The van der Waals surface area contributed by atoms with Crippen molar-refractivity contribution in [2.24, 2.45) is 4.99 Å². The van der Waals surface area contributed by atoms with E-state index in [1.54, 1.807) is 4.68 Å². The number of carbonyl (C=O) groups is 1. The molecule has 132 valence electrons. The number of anilines is 1. The van der Waals surface area contributed by atoms with Crippen LogP contribution in [-0.2, 0) is 4.74 Å². The van der Waals surface area contributed by atoms with Gasteiger partial charge in [-0.05, 0) is 24.3 Å². The van der Waals surface area contributed by atoms with Crippen molar-refractivity contribution in [2.45, 2.75) is 0 Å². The van der Waals surface area contributed by atoms with Crippen molar-refractivity contribution in [3.05, 3.63) is 54.6 Å². The van der Waals surface area contributed by atoms with E-state index in [-0.39, 0.29) is 0 Å². The Kier molecular flexibility index (Phi) is 4.57. The minimum Gasteiger partial charge on any atom is -0.378 e. The van der Waals surface area contributed by atoms with Gasteiger partial charge in [-0.25, -0.2) is 4.79 Å². The van der Waals surface area contributed by atoms with Crippen LogP contribution in [-0.4, -0.2) is 58.2 Å². The standard InChI is InChI=1S/C18H18N6O2/c25-17(19-14-6-2-1-3-7-14)20-18(23-10-12-26-13-11-23)24-16-9-5-4-8-15(16)21-22-24/h1-9H,10-13H2,(H,19,25). The number of carbonyl (C=O) groups excluding carboxylic acids is 1. The van der Waals surface area contributed by atoms with Gasteiger partial charge in [0, 0.05) is 18.8 Å². The fraction of sp³-hybridized carbons (Fsp3) is 0.222. The summed E-state index contributed by atoms with van der Waals surface area (Å²) in [7, 11) is 0. The minimum atomic E-state index is -0.461. The lowest BCUT2D eigenvalue weighted by Gasteiger charge is -2.29. The summed E-state index contributed by atoms with van der Waals surface area (Å²) in [6.07, 6.45) is 0. The molecule has 1 aliphatic rings. The molecule has 1 aliphatic heterocycles. The van der Waals surface area contributed by atoms with Gasteiger partial charge < -0.3 is 15.0 Å². The van der Waals surface area contributed by atoms with Crippen molar-refractivity contribution in [2.75, 3.05) is 31.6 Å². The van der Waals surface area contributed by atoms with E-state index in [1.807, 2.05) is 59.5 Å². The fourth-order valence-electron chi connectivity index (χ4n) is 2.80. The number of benzene rings is 2. The number of rotatable bonds is 1. The van der Waals surface area contributed by atoms with E-state index < -0.39 is 6.03 Å². The van der Waals surface area contributed by atoms with Crippen LogP contribution < -0.4 is 5.32 Å². The number of hydrogen-bond donors (Lipinski definition) is 1. The van der Waals surface area contributed by atoms with Crippen molar-refractivity contribution in [3.8, 4) is 0 Å². The number of hydrogen-bond acceptors (Lipinski definition) is 4. The number of aromatic nitrogens is 3. The number of para-hydroxylation sites is 2. The molecule has 1 N–H and O–H groups in total. The molecule has 0 aliphatic carbocycles. The Labute approximate surface area is 150 Å². The quantitative estimate of drug-likeness (QED) is 0.537. The van der Waals surface area contributed by atoms with Crippen molar-refractivity contribution in [1.29, 1.82) is 0 Å². The van der Waals surface area contributed by atoms with Crippen LogP contribution in [0.25, 0.3) is 11.0 Å². The van der Waals surface area contributed by atoms with Gasteiger partial charge in [0.05, 0.1) is 18.7 Å². The lowest BCUT2D eigenvalue weighted by atomic mass is 10.3. The lowest BCUT2D eigenvalue weighted by Crippen LogP contribution is -2.44. The largest absolute Gasteiger partial charge is 0.378 e. The summed E-state index contributed by atoms with van der Waals surface area (Å²) in [6, 6.07) is 16.3. The number of ether oxygens (including phenoxy) is 1. The van der Waals surface area contributed by atoms with Crippen LogP contribution in [0.1, 0.15) is 0 Å². The van der Waals surface area contributed by atoms with E-state index in [0.29, 0.717) is 38.0 Å². The van der Waals surface area contributed by atoms with Crippen LogP contribution in [0, 0.1) is 0 Å². The summed E-state index contributed by atoms with van der Waals surface area (Å²) in [6.45, 7) is 2.41. The molecule has 1 fully saturated rings. The third-order valence-corrected chi connectivity index (χ3v) is 4.06. The van der Waals surface area contributed by atoms with Crippen LogP contribution in [0.5, 0.6) is 0 Å². The maximum absolute atomic E-state index is 12.5. The van der Waals surface area contributed by atoms with E-state index in [4.69, 9.17) is 4.74 Å². The SMILES string of the molecule is O=C(N=C(N1CCOCC1)n1nnc2ccccc21)Nc1ccccc1. The van der Waals surface area contributed by atoms with Gasteiger partial charge >= 0.3 is 6.03 Å². The monoisotopic (exact) mass is 350 g/mol. The van der Waals surface area contributed by atoms with Crippen molar-refractivity contribution >= 4 is 28.7 Å². The van der Waals surface area contributed by atoms with Gasteiger partial charge in [0.2, 0.25) is 5.96 Å². The Morgan fingerprint density at radius 1 is 1.04 bits per heavy atom. The molecule has 2 heterocycles. The van der Waals surface area contributed by atoms with E-state index >= 15 is 0 Å². The zero-order chi connectivity index (χ0) is 17.8. The Bertz CT molecular complexity index is 931. The summed E-state index contributed by atoms with van der Waals surface area (Å²) < 4.78 is 7.02. The summed E-state index contributed by atoms with van der Waals surface area (Å²) in [5, 5.41) is 11.1. The second-order valence-electron chi connectivity index (χ2n) is 5.80. The molecule has 2 aromatic carbocycles. The van der Waals surface area contributed by atoms with Gasteiger partial charge in [0.15, 0.2) is 0 Å². The molecule has 0 spiro atoms. The molecule has 8 heteroatoms. The highest BCUT2D eigenvalue weighted by Crippen LogP contribution is 2.13. The molecule has 3 aromatic rings. The lowest BCUT2D eigenvalue weighted by molar-refractivity contribution is 0.0664. The van der Waals surface area contributed by atoms with E-state index in [9.17, 15) is 4.79 Å². The highest BCUT2D eigenvalue weighted by molar-refractivity contribution is 6.01. The van der Waals surface area contributed by atoms with E-state index in [2.05, 4.69) is 20.6 Å². The first-order valence-corrected chi connectivity index (χ1v) is 8.39. The highest BCUT2D eigenvalue weighted by atomic mass is 16.5. The highest BCUT2D eigenvalue weighted by Gasteiger charge is 2.21. The number of morpholine rings is 1. The van der Waals surface area contributed by atoms with Crippen molar-refractivity contribution < 1.29 is 9.53 Å². The molecule has 2 amide bonds. The van der Waals surface area contributed by atoms with Crippen molar-refractivity contribution in [1.82, 2.24) is 19.9 Å². The number of aliphatic imine (C=N–C) groups is 1. The predicted octanol–water partition coefficient (Wildman–Crippen LogP) is 2.20. The summed E-state index contributed by atoms with van der Waals surface area (Å²) in [4.78, 5) is 18.7.